The Morgan fingerprint density at radius 1 is 1.56 bits per heavy atom. The lowest BCUT2D eigenvalue weighted by Gasteiger charge is -2.14. The fraction of sp³-hybridized carbons (Fsp3) is 0.889. The van der Waals surface area contributed by atoms with E-state index in [1.807, 2.05) is 0 Å². The van der Waals surface area contributed by atoms with Crippen LogP contribution >= 0.6 is 12.4 Å². The number of carbonyl (C=O) groups is 1. The number of nitrogens with one attached hydrogen (secondary N) is 2. The van der Waals surface area contributed by atoms with Crippen molar-refractivity contribution in [3.63, 3.8) is 0 Å². The molecule has 2 atom stereocenters. The molecule has 0 aromatic heterocycles. The van der Waals surface area contributed by atoms with Crippen molar-refractivity contribution in [1.82, 2.24) is 10.6 Å². The van der Waals surface area contributed by atoms with Crippen molar-refractivity contribution < 1.29 is 13.2 Å². The highest BCUT2D eigenvalue weighted by atomic mass is 35.5. The van der Waals surface area contributed by atoms with Gasteiger partial charge in [-0.2, -0.15) is 0 Å². The number of hydrogen-bond acceptors (Lipinski definition) is 4. The molecule has 1 rings (SSSR count). The molecule has 2 N–H and O–H groups in total. The second-order valence-electron chi connectivity index (χ2n) is 4.01. The molecule has 0 spiro atoms. The van der Waals surface area contributed by atoms with Gasteiger partial charge in [-0.25, -0.2) is 8.42 Å². The zero-order chi connectivity index (χ0) is 11.5. The third-order valence-electron chi connectivity index (χ3n) is 2.70. The average Bonchev–Trinajstić information content (AvgIpc) is 2.63. The highest BCUT2D eigenvalue weighted by Gasteiger charge is 2.24. The van der Waals surface area contributed by atoms with Crippen molar-refractivity contribution >= 4 is 28.2 Å². The third-order valence-corrected chi connectivity index (χ3v) is 4.20. The van der Waals surface area contributed by atoms with Gasteiger partial charge in [0.05, 0.1) is 0 Å². The molecule has 1 aliphatic rings. The molecule has 96 valence electrons. The Morgan fingerprint density at radius 3 is 2.62 bits per heavy atom. The molecule has 1 amide bonds. The molecule has 0 bridgehead atoms. The van der Waals surface area contributed by atoms with Crippen LogP contribution < -0.4 is 10.6 Å². The minimum absolute atomic E-state index is 0. The molecule has 5 nitrogen and oxygen atoms in total. The number of sulfone groups is 1. The second-order valence-corrected chi connectivity index (χ2v) is 6.38. The van der Waals surface area contributed by atoms with Gasteiger partial charge in [0, 0.05) is 18.8 Å². The maximum Gasteiger partial charge on any atom is 0.238 e. The van der Waals surface area contributed by atoms with Crippen molar-refractivity contribution in [2.75, 3.05) is 19.3 Å². The minimum atomic E-state index is -3.28. The number of carbonyl (C=O) groups excluding carboxylic acids is 1. The van der Waals surface area contributed by atoms with Crippen LogP contribution in [0.2, 0.25) is 0 Å². The SMILES string of the molecule is CC(C(=O)NCC1CCCN1)S(C)(=O)=O.Cl. The van der Waals surface area contributed by atoms with Crippen LogP contribution in [0.5, 0.6) is 0 Å². The smallest absolute Gasteiger partial charge is 0.238 e. The van der Waals surface area contributed by atoms with E-state index >= 15 is 0 Å². The molecule has 2 unspecified atom stereocenters. The van der Waals surface area contributed by atoms with E-state index < -0.39 is 21.0 Å². The molecule has 1 aliphatic heterocycles. The van der Waals surface area contributed by atoms with Crippen molar-refractivity contribution in [1.29, 1.82) is 0 Å². The lowest BCUT2D eigenvalue weighted by atomic mass is 10.2. The van der Waals surface area contributed by atoms with E-state index in [2.05, 4.69) is 10.6 Å². The normalized spacial score (nSPS) is 22.2. The van der Waals surface area contributed by atoms with E-state index in [1.54, 1.807) is 0 Å². The van der Waals surface area contributed by atoms with Gasteiger partial charge in [0.1, 0.15) is 5.25 Å². The summed E-state index contributed by atoms with van der Waals surface area (Å²) >= 11 is 0. The molecular formula is C9H19ClN2O3S. The van der Waals surface area contributed by atoms with Crippen LogP contribution in [-0.4, -0.2) is 45.0 Å². The summed E-state index contributed by atoms with van der Waals surface area (Å²) in [6.07, 6.45) is 3.22. The van der Waals surface area contributed by atoms with Crippen molar-refractivity contribution in [2.45, 2.75) is 31.1 Å². The summed E-state index contributed by atoms with van der Waals surface area (Å²) in [5.41, 5.74) is 0. The number of hydrogen-bond donors (Lipinski definition) is 2. The predicted octanol–water partition coefficient (Wildman–Crippen LogP) is -0.290. The molecule has 1 heterocycles. The van der Waals surface area contributed by atoms with Gasteiger partial charge in [-0.3, -0.25) is 4.79 Å². The monoisotopic (exact) mass is 270 g/mol. The lowest BCUT2D eigenvalue weighted by Crippen LogP contribution is -2.43. The zero-order valence-corrected chi connectivity index (χ0v) is 11.2. The first-order valence-electron chi connectivity index (χ1n) is 5.11. The van der Waals surface area contributed by atoms with Crippen LogP contribution in [-0.2, 0) is 14.6 Å². The van der Waals surface area contributed by atoms with Gasteiger partial charge in [-0.05, 0) is 26.3 Å². The van der Waals surface area contributed by atoms with Gasteiger partial charge in [0.25, 0.3) is 0 Å². The topological polar surface area (TPSA) is 75.3 Å². The lowest BCUT2D eigenvalue weighted by molar-refractivity contribution is -0.120. The van der Waals surface area contributed by atoms with Gasteiger partial charge < -0.3 is 10.6 Å². The van der Waals surface area contributed by atoms with Gasteiger partial charge in [0.2, 0.25) is 5.91 Å². The van der Waals surface area contributed by atoms with E-state index in [1.165, 1.54) is 6.92 Å². The molecule has 0 aromatic rings. The Hall–Kier alpha value is -0.330. The van der Waals surface area contributed by atoms with E-state index in [4.69, 9.17) is 0 Å². The highest BCUT2D eigenvalue weighted by molar-refractivity contribution is 7.92. The van der Waals surface area contributed by atoms with Gasteiger partial charge in [-0.1, -0.05) is 0 Å². The largest absolute Gasteiger partial charge is 0.353 e. The quantitative estimate of drug-likeness (QED) is 0.736. The summed E-state index contributed by atoms with van der Waals surface area (Å²) in [5, 5.41) is 4.92. The first-order chi connectivity index (χ1) is 6.91. The standard InChI is InChI=1S/C9H18N2O3S.ClH/c1-7(15(2,13)14)9(12)11-6-8-4-3-5-10-8;/h7-8,10H,3-6H2,1-2H3,(H,11,12);1H. The number of amides is 1. The van der Waals surface area contributed by atoms with Crippen LogP contribution in [0.25, 0.3) is 0 Å². The first-order valence-corrected chi connectivity index (χ1v) is 7.06. The fourth-order valence-corrected chi connectivity index (χ4v) is 1.97. The molecule has 16 heavy (non-hydrogen) atoms. The fourth-order valence-electron chi connectivity index (χ4n) is 1.49. The second kappa shape index (κ2) is 6.42. The van der Waals surface area contributed by atoms with E-state index in [0.29, 0.717) is 12.6 Å². The van der Waals surface area contributed by atoms with Crippen LogP contribution in [0.4, 0.5) is 0 Å². The van der Waals surface area contributed by atoms with Gasteiger partial charge in [0.15, 0.2) is 9.84 Å². The van der Waals surface area contributed by atoms with Crippen molar-refractivity contribution in [2.24, 2.45) is 0 Å². The predicted molar refractivity (Wildman–Crippen MR) is 65.6 cm³/mol. The summed E-state index contributed by atoms with van der Waals surface area (Å²) < 4.78 is 22.2. The Balaban J connectivity index is 0.00000225. The number of rotatable bonds is 4. The highest BCUT2D eigenvalue weighted by Crippen LogP contribution is 2.04. The third kappa shape index (κ3) is 4.67. The molecule has 0 aliphatic carbocycles. The Labute approximate surface area is 103 Å². The summed E-state index contributed by atoms with van der Waals surface area (Å²) in [6, 6.07) is 0.292. The zero-order valence-electron chi connectivity index (χ0n) is 9.52. The molecule has 0 radical (unpaired) electrons. The Kier molecular flexibility index (Phi) is 6.28. The Morgan fingerprint density at radius 2 is 2.19 bits per heavy atom. The summed E-state index contributed by atoms with van der Waals surface area (Å²) in [7, 11) is -3.28. The minimum Gasteiger partial charge on any atom is -0.353 e. The first kappa shape index (κ1) is 15.7. The summed E-state index contributed by atoms with van der Waals surface area (Å²) in [5.74, 6) is -0.411. The van der Waals surface area contributed by atoms with Gasteiger partial charge >= 0.3 is 0 Å². The molecule has 1 saturated heterocycles. The summed E-state index contributed by atoms with van der Waals surface area (Å²) in [4.78, 5) is 11.4. The number of halogens is 1. The Bertz CT molecular complexity index is 326. The van der Waals surface area contributed by atoms with E-state index in [0.717, 1.165) is 25.6 Å². The van der Waals surface area contributed by atoms with Crippen LogP contribution in [0.3, 0.4) is 0 Å². The van der Waals surface area contributed by atoms with E-state index in [-0.39, 0.29) is 12.4 Å². The van der Waals surface area contributed by atoms with Gasteiger partial charge in [-0.15, -0.1) is 12.4 Å². The molecular weight excluding hydrogens is 252 g/mol. The summed E-state index contributed by atoms with van der Waals surface area (Å²) in [6.45, 7) is 2.90. The van der Waals surface area contributed by atoms with Crippen LogP contribution in [0.15, 0.2) is 0 Å². The van der Waals surface area contributed by atoms with Crippen molar-refractivity contribution in [3.8, 4) is 0 Å². The molecule has 7 heteroatoms. The van der Waals surface area contributed by atoms with Crippen LogP contribution in [0, 0.1) is 0 Å². The van der Waals surface area contributed by atoms with Crippen LogP contribution in [0.1, 0.15) is 19.8 Å². The molecule has 0 aromatic carbocycles. The average molecular weight is 271 g/mol. The van der Waals surface area contributed by atoms with Crippen molar-refractivity contribution in [3.05, 3.63) is 0 Å². The van der Waals surface area contributed by atoms with E-state index in [9.17, 15) is 13.2 Å². The maximum absolute atomic E-state index is 11.4. The maximum atomic E-state index is 11.4. The molecule has 0 saturated carbocycles. The molecule has 1 fully saturated rings.